The minimum Gasteiger partial charge on any atom is -0.480 e. The van der Waals surface area contributed by atoms with Crippen molar-refractivity contribution in [3.05, 3.63) is 0 Å². The van der Waals surface area contributed by atoms with Crippen molar-refractivity contribution < 1.29 is 9.90 Å². The highest BCUT2D eigenvalue weighted by Crippen LogP contribution is 2.40. The van der Waals surface area contributed by atoms with E-state index in [1.165, 1.54) is 38.5 Å². The van der Waals surface area contributed by atoms with E-state index < -0.39 is 11.5 Å². The maximum atomic E-state index is 12.1. The van der Waals surface area contributed by atoms with E-state index in [-0.39, 0.29) is 6.04 Å². The zero-order valence-electron chi connectivity index (χ0n) is 11.8. The lowest BCUT2D eigenvalue weighted by Gasteiger charge is -2.44. The molecule has 2 atom stereocenters. The van der Waals surface area contributed by atoms with Crippen molar-refractivity contribution in [3.63, 3.8) is 0 Å². The highest BCUT2D eigenvalue weighted by Gasteiger charge is 2.56. The Hall–Kier alpha value is -0.610. The summed E-state index contributed by atoms with van der Waals surface area (Å²) in [6.07, 6.45) is 9.21. The van der Waals surface area contributed by atoms with Crippen LogP contribution in [-0.2, 0) is 4.79 Å². The predicted molar refractivity (Wildman–Crippen MR) is 74.2 cm³/mol. The molecule has 0 bridgehead atoms. The minimum absolute atomic E-state index is 0.261. The number of carboxylic acid groups (broad SMARTS) is 1. The molecule has 3 aliphatic rings. The van der Waals surface area contributed by atoms with Gasteiger partial charge in [0.1, 0.15) is 5.54 Å². The molecule has 0 amide bonds. The molecule has 108 valence electrons. The van der Waals surface area contributed by atoms with Gasteiger partial charge in [0, 0.05) is 12.6 Å². The van der Waals surface area contributed by atoms with Crippen LogP contribution in [0.15, 0.2) is 0 Å². The van der Waals surface area contributed by atoms with Crippen LogP contribution in [-0.4, -0.2) is 58.6 Å². The third-order valence-electron chi connectivity index (χ3n) is 5.49. The first-order chi connectivity index (χ1) is 9.25. The first-order valence-corrected chi connectivity index (χ1v) is 7.97. The fourth-order valence-corrected chi connectivity index (χ4v) is 4.50. The van der Waals surface area contributed by atoms with Crippen LogP contribution in [0.1, 0.15) is 51.4 Å². The molecule has 0 aromatic carbocycles. The van der Waals surface area contributed by atoms with Gasteiger partial charge >= 0.3 is 5.97 Å². The van der Waals surface area contributed by atoms with Gasteiger partial charge in [-0.1, -0.05) is 19.3 Å². The van der Waals surface area contributed by atoms with Crippen molar-refractivity contribution in [1.82, 2.24) is 9.80 Å². The Bertz CT molecular complexity index is 339. The molecule has 0 aromatic heterocycles. The summed E-state index contributed by atoms with van der Waals surface area (Å²) in [5.74, 6) is -0.566. The Morgan fingerprint density at radius 1 is 0.947 bits per heavy atom. The lowest BCUT2D eigenvalue weighted by Crippen LogP contribution is -2.62. The molecular formula is C15H26N2O2. The number of carbonyl (C=O) groups is 1. The van der Waals surface area contributed by atoms with Gasteiger partial charge in [0.15, 0.2) is 0 Å². The van der Waals surface area contributed by atoms with E-state index in [1.807, 2.05) is 0 Å². The molecule has 19 heavy (non-hydrogen) atoms. The topological polar surface area (TPSA) is 43.8 Å². The molecule has 0 aliphatic carbocycles. The van der Waals surface area contributed by atoms with Crippen molar-refractivity contribution in [3.8, 4) is 0 Å². The molecule has 3 aliphatic heterocycles. The molecule has 3 rings (SSSR count). The van der Waals surface area contributed by atoms with Crippen LogP contribution >= 0.6 is 0 Å². The van der Waals surface area contributed by atoms with E-state index in [4.69, 9.17) is 0 Å². The number of likely N-dealkylation sites (tertiary alicyclic amines) is 1. The maximum Gasteiger partial charge on any atom is 0.325 e. The van der Waals surface area contributed by atoms with Crippen molar-refractivity contribution in [2.24, 2.45) is 0 Å². The highest BCUT2D eigenvalue weighted by molar-refractivity contribution is 5.80. The van der Waals surface area contributed by atoms with Gasteiger partial charge in [0.2, 0.25) is 0 Å². The van der Waals surface area contributed by atoms with Gasteiger partial charge in [-0.3, -0.25) is 14.6 Å². The summed E-state index contributed by atoms with van der Waals surface area (Å²) >= 11 is 0. The molecule has 0 saturated carbocycles. The van der Waals surface area contributed by atoms with Gasteiger partial charge in [0.25, 0.3) is 0 Å². The second-order valence-corrected chi connectivity index (χ2v) is 6.43. The SMILES string of the molecule is O=C(O)C1(N2CCCCCC2)CCN2CCCCC21. The third-order valence-corrected chi connectivity index (χ3v) is 5.49. The average molecular weight is 266 g/mol. The Morgan fingerprint density at radius 2 is 1.63 bits per heavy atom. The largest absolute Gasteiger partial charge is 0.480 e. The smallest absolute Gasteiger partial charge is 0.325 e. The lowest BCUT2D eigenvalue weighted by molar-refractivity contribution is -0.154. The van der Waals surface area contributed by atoms with Crippen LogP contribution < -0.4 is 0 Å². The van der Waals surface area contributed by atoms with Crippen molar-refractivity contribution >= 4 is 5.97 Å². The van der Waals surface area contributed by atoms with E-state index in [9.17, 15) is 9.90 Å². The molecule has 0 radical (unpaired) electrons. The molecule has 3 fully saturated rings. The third kappa shape index (κ3) is 2.19. The van der Waals surface area contributed by atoms with Crippen LogP contribution in [0, 0.1) is 0 Å². The first kappa shape index (κ1) is 13.4. The summed E-state index contributed by atoms with van der Waals surface area (Å²) in [6.45, 7) is 4.05. The molecule has 3 heterocycles. The number of piperidine rings is 1. The van der Waals surface area contributed by atoms with E-state index in [2.05, 4.69) is 9.80 Å². The van der Waals surface area contributed by atoms with Crippen LogP contribution in [0.5, 0.6) is 0 Å². The van der Waals surface area contributed by atoms with Crippen LogP contribution in [0.25, 0.3) is 0 Å². The predicted octanol–water partition coefficient (Wildman–Crippen LogP) is 1.94. The normalized spacial score (nSPS) is 37.8. The Balaban J connectivity index is 1.87. The molecule has 0 spiro atoms. The zero-order chi connectivity index (χ0) is 13.3. The molecule has 4 heteroatoms. The van der Waals surface area contributed by atoms with Crippen LogP contribution in [0.3, 0.4) is 0 Å². The van der Waals surface area contributed by atoms with E-state index in [0.717, 1.165) is 39.0 Å². The summed E-state index contributed by atoms with van der Waals surface area (Å²) in [5.41, 5.74) is -0.579. The van der Waals surface area contributed by atoms with Gasteiger partial charge in [-0.05, 0) is 51.7 Å². The average Bonchev–Trinajstić information content (AvgIpc) is 2.61. The summed E-state index contributed by atoms with van der Waals surface area (Å²) in [6, 6.07) is 0.261. The van der Waals surface area contributed by atoms with Gasteiger partial charge in [0.05, 0.1) is 0 Å². The second kappa shape index (κ2) is 5.41. The summed E-state index contributed by atoms with van der Waals surface area (Å²) in [4.78, 5) is 16.9. The molecule has 3 saturated heterocycles. The number of rotatable bonds is 2. The number of aliphatic carboxylic acids is 1. The second-order valence-electron chi connectivity index (χ2n) is 6.43. The summed E-state index contributed by atoms with van der Waals surface area (Å²) < 4.78 is 0. The van der Waals surface area contributed by atoms with Gasteiger partial charge in [-0.25, -0.2) is 0 Å². The van der Waals surface area contributed by atoms with Crippen molar-refractivity contribution in [1.29, 1.82) is 0 Å². The molecule has 2 unspecified atom stereocenters. The summed E-state index contributed by atoms with van der Waals surface area (Å²) in [5, 5.41) is 9.98. The number of fused-ring (bicyclic) bond motifs is 1. The quantitative estimate of drug-likeness (QED) is 0.829. The fourth-order valence-electron chi connectivity index (χ4n) is 4.50. The molecule has 0 aromatic rings. The number of hydrogen-bond donors (Lipinski definition) is 1. The zero-order valence-corrected chi connectivity index (χ0v) is 11.8. The number of hydrogen-bond acceptors (Lipinski definition) is 3. The van der Waals surface area contributed by atoms with E-state index in [0.29, 0.717) is 0 Å². The molecule has 1 N–H and O–H groups in total. The number of carboxylic acids is 1. The van der Waals surface area contributed by atoms with Crippen molar-refractivity contribution in [2.45, 2.75) is 62.9 Å². The molecular weight excluding hydrogens is 240 g/mol. The Morgan fingerprint density at radius 3 is 2.32 bits per heavy atom. The monoisotopic (exact) mass is 266 g/mol. The van der Waals surface area contributed by atoms with Crippen LogP contribution in [0.2, 0.25) is 0 Å². The highest BCUT2D eigenvalue weighted by atomic mass is 16.4. The molecule has 4 nitrogen and oxygen atoms in total. The number of nitrogens with zero attached hydrogens (tertiary/aromatic N) is 2. The van der Waals surface area contributed by atoms with E-state index >= 15 is 0 Å². The van der Waals surface area contributed by atoms with Gasteiger partial charge in [-0.2, -0.15) is 0 Å². The fraction of sp³-hybridized carbons (Fsp3) is 0.933. The Labute approximate surface area is 115 Å². The van der Waals surface area contributed by atoms with Gasteiger partial charge in [-0.15, -0.1) is 0 Å². The van der Waals surface area contributed by atoms with Crippen LogP contribution in [0.4, 0.5) is 0 Å². The van der Waals surface area contributed by atoms with Crippen molar-refractivity contribution in [2.75, 3.05) is 26.2 Å². The minimum atomic E-state index is -0.579. The van der Waals surface area contributed by atoms with E-state index in [1.54, 1.807) is 0 Å². The standard InChI is InChI=1S/C15H26N2O2/c18-14(19)15(17-10-4-1-2-5-11-17)8-12-16-9-6-3-7-13(15)16/h13H,1-12H2,(H,18,19). The Kier molecular flexibility index (Phi) is 3.81. The summed E-state index contributed by atoms with van der Waals surface area (Å²) in [7, 11) is 0. The maximum absolute atomic E-state index is 12.1. The van der Waals surface area contributed by atoms with Gasteiger partial charge < -0.3 is 5.11 Å². The first-order valence-electron chi connectivity index (χ1n) is 7.97. The lowest BCUT2D eigenvalue weighted by atomic mass is 9.83.